The van der Waals surface area contributed by atoms with Crippen LogP contribution in [0.15, 0.2) is 36.0 Å². The fourth-order valence-corrected chi connectivity index (χ4v) is 2.84. The van der Waals surface area contributed by atoms with Crippen LogP contribution in [0.5, 0.6) is 5.75 Å². The summed E-state index contributed by atoms with van der Waals surface area (Å²) in [7, 11) is 1.73. The molecule has 0 atom stereocenters. The molecule has 2 rings (SSSR count). The molecule has 1 aliphatic rings. The van der Waals surface area contributed by atoms with Crippen molar-refractivity contribution in [3.8, 4) is 11.8 Å². The number of anilines is 1. The number of piperidine rings is 1. The number of phenols is 1. The van der Waals surface area contributed by atoms with Crippen LogP contribution >= 0.6 is 0 Å². The zero-order valence-electron chi connectivity index (χ0n) is 15.0. The van der Waals surface area contributed by atoms with Crippen molar-refractivity contribution in [3.63, 3.8) is 0 Å². The van der Waals surface area contributed by atoms with Gasteiger partial charge in [-0.3, -0.25) is 9.59 Å². The second-order valence-corrected chi connectivity index (χ2v) is 6.10. The number of carbonyl (C=O) groups is 2. The summed E-state index contributed by atoms with van der Waals surface area (Å²) in [5.74, 6) is -0.608. The van der Waals surface area contributed by atoms with Crippen molar-refractivity contribution in [2.24, 2.45) is 5.92 Å². The summed E-state index contributed by atoms with van der Waals surface area (Å²) in [5.41, 5.74) is 0.763. The fourth-order valence-electron chi connectivity index (χ4n) is 2.84. The number of esters is 1. The van der Waals surface area contributed by atoms with Crippen LogP contribution in [0.1, 0.15) is 19.8 Å². The molecule has 1 heterocycles. The van der Waals surface area contributed by atoms with Crippen molar-refractivity contribution < 1.29 is 19.4 Å². The van der Waals surface area contributed by atoms with Crippen LogP contribution in [0, 0.1) is 17.2 Å². The van der Waals surface area contributed by atoms with Crippen LogP contribution in [-0.2, 0) is 14.3 Å². The fraction of sp³-hybridized carbons (Fsp3) is 0.421. The first-order valence-corrected chi connectivity index (χ1v) is 8.56. The first-order valence-electron chi connectivity index (χ1n) is 8.56. The van der Waals surface area contributed by atoms with Gasteiger partial charge in [0.15, 0.2) is 0 Å². The highest BCUT2D eigenvalue weighted by Crippen LogP contribution is 2.21. The highest BCUT2D eigenvalue weighted by atomic mass is 16.5. The van der Waals surface area contributed by atoms with E-state index in [1.165, 1.54) is 18.3 Å². The number of nitrogens with zero attached hydrogens (tertiary/aromatic N) is 3. The standard InChI is InChI=1S/C19H23N3O4/c1-3-26-19(25)14-8-10-22(11-9-14)18(24)15(12-20)13-21(2)16-4-6-17(23)7-5-16/h4-7,13-14,23H,3,8-11H2,1-2H3/b15-13-. The Morgan fingerprint density at radius 2 is 1.96 bits per heavy atom. The molecule has 0 aromatic heterocycles. The molecule has 1 saturated heterocycles. The van der Waals surface area contributed by atoms with Crippen molar-refractivity contribution >= 4 is 17.6 Å². The van der Waals surface area contributed by atoms with E-state index in [0.29, 0.717) is 32.5 Å². The lowest BCUT2D eigenvalue weighted by molar-refractivity contribution is -0.150. The van der Waals surface area contributed by atoms with Gasteiger partial charge in [0.05, 0.1) is 12.5 Å². The average molecular weight is 357 g/mol. The molecule has 0 aliphatic carbocycles. The van der Waals surface area contributed by atoms with Crippen LogP contribution in [-0.4, -0.2) is 48.6 Å². The predicted molar refractivity (Wildman–Crippen MR) is 96.1 cm³/mol. The van der Waals surface area contributed by atoms with E-state index in [2.05, 4.69) is 0 Å². The van der Waals surface area contributed by atoms with E-state index in [4.69, 9.17) is 4.74 Å². The minimum absolute atomic E-state index is 0.0233. The van der Waals surface area contributed by atoms with Crippen LogP contribution in [0.4, 0.5) is 5.69 Å². The molecule has 7 nitrogen and oxygen atoms in total. The number of likely N-dealkylation sites (tertiary alicyclic amines) is 1. The lowest BCUT2D eigenvalue weighted by Crippen LogP contribution is -2.41. The maximum Gasteiger partial charge on any atom is 0.309 e. The molecule has 1 aromatic carbocycles. The number of hydrogen-bond acceptors (Lipinski definition) is 6. The summed E-state index contributed by atoms with van der Waals surface area (Å²) in [6, 6.07) is 8.40. The quantitative estimate of drug-likeness (QED) is 0.492. The number of hydrogen-bond donors (Lipinski definition) is 1. The summed E-state index contributed by atoms with van der Waals surface area (Å²) in [5, 5.41) is 18.7. The number of aromatic hydroxyl groups is 1. The molecular weight excluding hydrogens is 334 g/mol. The topological polar surface area (TPSA) is 93.9 Å². The lowest BCUT2D eigenvalue weighted by atomic mass is 9.96. The largest absolute Gasteiger partial charge is 0.508 e. The Bertz CT molecular complexity index is 713. The molecule has 138 valence electrons. The van der Waals surface area contributed by atoms with E-state index >= 15 is 0 Å². The monoisotopic (exact) mass is 357 g/mol. The lowest BCUT2D eigenvalue weighted by Gasteiger charge is -2.30. The van der Waals surface area contributed by atoms with Crippen molar-refractivity contribution in [2.75, 3.05) is 31.6 Å². The molecular formula is C19H23N3O4. The molecule has 1 aliphatic heterocycles. The number of ether oxygens (including phenoxy) is 1. The van der Waals surface area contributed by atoms with Crippen LogP contribution < -0.4 is 4.90 Å². The van der Waals surface area contributed by atoms with Gasteiger partial charge < -0.3 is 19.6 Å². The molecule has 1 N–H and O–H groups in total. The zero-order valence-corrected chi connectivity index (χ0v) is 15.0. The van der Waals surface area contributed by atoms with Crippen molar-refractivity contribution in [2.45, 2.75) is 19.8 Å². The molecule has 0 unspecified atom stereocenters. The Hall–Kier alpha value is -3.01. The number of rotatable bonds is 5. The summed E-state index contributed by atoms with van der Waals surface area (Å²) in [6.07, 6.45) is 2.56. The van der Waals surface area contributed by atoms with Gasteiger partial charge in [0.25, 0.3) is 5.91 Å². The first kappa shape index (κ1) is 19.3. The Labute approximate surface area is 153 Å². The maximum absolute atomic E-state index is 12.6. The Morgan fingerprint density at radius 3 is 2.50 bits per heavy atom. The predicted octanol–water partition coefficient (Wildman–Crippen LogP) is 2.04. The van der Waals surface area contributed by atoms with Crippen LogP contribution in [0.25, 0.3) is 0 Å². The van der Waals surface area contributed by atoms with Gasteiger partial charge in [0.2, 0.25) is 0 Å². The summed E-state index contributed by atoms with van der Waals surface area (Å²) in [4.78, 5) is 27.6. The van der Waals surface area contributed by atoms with Gasteiger partial charge in [-0.25, -0.2) is 0 Å². The maximum atomic E-state index is 12.6. The van der Waals surface area contributed by atoms with Gasteiger partial charge in [0.1, 0.15) is 17.4 Å². The molecule has 1 aromatic rings. The number of benzene rings is 1. The van der Waals surface area contributed by atoms with E-state index < -0.39 is 0 Å². The summed E-state index contributed by atoms with van der Waals surface area (Å²) in [6.45, 7) is 2.96. The normalized spacial score (nSPS) is 15.3. The Morgan fingerprint density at radius 1 is 1.35 bits per heavy atom. The van der Waals surface area contributed by atoms with Gasteiger partial charge in [0, 0.05) is 32.0 Å². The number of nitriles is 1. The number of carbonyl (C=O) groups excluding carboxylic acids is 2. The van der Waals surface area contributed by atoms with Crippen LogP contribution in [0.3, 0.4) is 0 Å². The first-order chi connectivity index (χ1) is 12.5. The van der Waals surface area contributed by atoms with Crippen molar-refractivity contribution in [1.82, 2.24) is 4.90 Å². The van der Waals surface area contributed by atoms with E-state index in [9.17, 15) is 20.0 Å². The summed E-state index contributed by atoms with van der Waals surface area (Å²) >= 11 is 0. The molecule has 0 bridgehead atoms. The minimum atomic E-state index is -0.347. The molecule has 1 fully saturated rings. The van der Waals surface area contributed by atoms with Gasteiger partial charge >= 0.3 is 5.97 Å². The third-order valence-electron chi connectivity index (χ3n) is 4.33. The molecule has 0 radical (unpaired) electrons. The van der Waals surface area contributed by atoms with Gasteiger partial charge in [-0.05, 0) is 44.0 Å². The number of phenolic OH excluding ortho intramolecular Hbond substituents is 1. The third kappa shape index (κ3) is 4.76. The molecule has 26 heavy (non-hydrogen) atoms. The summed E-state index contributed by atoms with van der Waals surface area (Å²) < 4.78 is 5.03. The molecule has 0 saturated carbocycles. The Balaban J connectivity index is 2.01. The average Bonchev–Trinajstić information content (AvgIpc) is 2.66. The molecule has 7 heteroatoms. The van der Waals surface area contributed by atoms with E-state index in [1.54, 1.807) is 35.9 Å². The van der Waals surface area contributed by atoms with E-state index in [0.717, 1.165) is 5.69 Å². The van der Waals surface area contributed by atoms with Gasteiger partial charge in [-0.15, -0.1) is 0 Å². The highest BCUT2D eigenvalue weighted by Gasteiger charge is 2.29. The van der Waals surface area contributed by atoms with Crippen LogP contribution in [0.2, 0.25) is 0 Å². The second-order valence-electron chi connectivity index (χ2n) is 6.10. The van der Waals surface area contributed by atoms with Gasteiger partial charge in [-0.2, -0.15) is 5.26 Å². The van der Waals surface area contributed by atoms with E-state index in [1.807, 2.05) is 6.07 Å². The minimum Gasteiger partial charge on any atom is -0.508 e. The third-order valence-corrected chi connectivity index (χ3v) is 4.33. The molecule has 0 spiro atoms. The van der Waals surface area contributed by atoms with Gasteiger partial charge in [-0.1, -0.05) is 0 Å². The zero-order chi connectivity index (χ0) is 19.1. The van der Waals surface area contributed by atoms with Crippen molar-refractivity contribution in [3.05, 3.63) is 36.0 Å². The highest BCUT2D eigenvalue weighted by molar-refractivity contribution is 5.97. The SMILES string of the molecule is CCOC(=O)C1CCN(C(=O)/C(C#N)=C\N(C)c2ccc(O)cc2)CC1. The molecule has 1 amide bonds. The van der Waals surface area contributed by atoms with Crippen molar-refractivity contribution in [1.29, 1.82) is 5.26 Å². The van der Waals surface area contributed by atoms with E-state index in [-0.39, 0.29) is 29.1 Å². The second kappa shape index (κ2) is 8.90. The smallest absolute Gasteiger partial charge is 0.309 e. The Kier molecular flexibility index (Phi) is 6.61. The number of amides is 1.